The second kappa shape index (κ2) is 6.87. The van der Waals surface area contributed by atoms with E-state index in [1.54, 1.807) is 11.3 Å². The van der Waals surface area contributed by atoms with Crippen LogP contribution < -0.4 is 0 Å². The Labute approximate surface area is 126 Å². The van der Waals surface area contributed by atoms with Crippen molar-refractivity contribution >= 4 is 17.4 Å². The van der Waals surface area contributed by atoms with E-state index < -0.39 is 0 Å². The smallest absolute Gasteiger partial charge is 0.0495 e. The maximum atomic E-state index is 2.35. The summed E-state index contributed by atoms with van der Waals surface area (Å²) in [6.45, 7) is 2.27. The van der Waals surface area contributed by atoms with Gasteiger partial charge in [-0.2, -0.15) is 11.3 Å². The molecule has 2 aromatic rings. The largest absolute Gasteiger partial charge is 0.299 e. The first kappa shape index (κ1) is 15.0. The van der Waals surface area contributed by atoms with E-state index in [0.29, 0.717) is 0 Å². The summed E-state index contributed by atoms with van der Waals surface area (Å²) < 4.78 is 0. The highest BCUT2D eigenvalue weighted by atomic mass is 32.1. The van der Waals surface area contributed by atoms with Crippen LogP contribution in [-0.2, 0) is 5.54 Å². The molecule has 1 heterocycles. The van der Waals surface area contributed by atoms with E-state index in [4.69, 9.17) is 0 Å². The summed E-state index contributed by atoms with van der Waals surface area (Å²) in [5.74, 6) is 0. The van der Waals surface area contributed by atoms with Crippen molar-refractivity contribution in [2.24, 2.45) is 0 Å². The van der Waals surface area contributed by atoms with E-state index in [9.17, 15) is 0 Å². The average Bonchev–Trinajstić information content (AvgIpc) is 2.99. The summed E-state index contributed by atoms with van der Waals surface area (Å²) >= 11 is 1.78. The maximum Gasteiger partial charge on any atom is 0.0495 e. The van der Waals surface area contributed by atoms with Gasteiger partial charge in [-0.05, 0) is 54.9 Å². The van der Waals surface area contributed by atoms with E-state index in [2.05, 4.69) is 85.2 Å². The highest BCUT2D eigenvalue weighted by Crippen LogP contribution is 2.35. The minimum absolute atomic E-state index is 0.102. The van der Waals surface area contributed by atoms with E-state index in [1.165, 1.54) is 11.1 Å². The van der Waals surface area contributed by atoms with Gasteiger partial charge in [0, 0.05) is 5.54 Å². The Bertz CT molecular complexity index is 528. The van der Waals surface area contributed by atoms with Gasteiger partial charge in [0.2, 0.25) is 0 Å². The van der Waals surface area contributed by atoms with Crippen LogP contribution in [0.3, 0.4) is 0 Å². The molecule has 0 fully saturated rings. The monoisotopic (exact) mass is 285 g/mol. The molecule has 0 bridgehead atoms. The molecule has 1 unspecified atom stereocenters. The number of hydrogen-bond acceptors (Lipinski definition) is 2. The first-order valence-electron chi connectivity index (χ1n) is 7.11. The van der Waals surface area contributed by atoms with Gasteiger partial charge in [-0.3, -0.25) is 4.90 Å². The van der Waals surface area contributed by atoms with Gasteiger partial charge >= 0.3 is 0 Å². The SMILES string of the molecule is CCC(C/C=C/c1ccccc1)(c1ccsc1)N(C)C. The van der Waals surface area contributed by atoms with Gasteiger partial charge in [0.15, 0.2) is 0 Å². The molecule has 0 amide bonds. The Hall–Kier alpha value is -1.38. The summed E-state index contributed by atoms with van der Waals surface area (Å²) in [6.07, 6.45) is 6.66. The molecule has 0 spiro atoms. The summed E-state index contributed by atoms with van der Waals surface area (Å²) in [5.41, 5.74) is 2.79. The molecule has 2 rings (SSSR count). The van der Waals surface area contributed by atoms with Crippen LogP contribution in [0, 0.1) is 0 Å². The summed E-state index contributed by atoms with van der Waals surface area (Å²) in [4.78, 5) is 2.35. The van der Waals surface area contributed by atoms with Crippen LogP contribution >= 0.6 is 11.3 Å². The van der Waals surface area contributed by atoms with E-state index in [1.807, 2.05) is 0 Å². The molecular weight excluding hydrogens is 262 g/mol. The van der Waals surface area contributed by atoms with Crippen molar-refractivity contribution in [3.8, 4) is 0 Å². The van der Waals surface area contributed by atoms with Crippen LogP contribution in [0.1, 0.15) is 30.9 Å². The molecule has 1 aromatic carbocycles. The van der Waals surface area contributed by atoms with Crippen LogP contribution in [0.25, 0.3) is 6.08 Å². The van der Waals surface area contributed by atoms with Crippen molar-refractivity contribution in [3.63, 3.8) is 0 Å². The first-order chi connectivity index (χ1) is 9.69. The molecule has 0 radical (unpaired) electrons. The fourth-order valence-corrected chi connectivity index (χ4v) is 3.45. The second-order valence-corrected chi connectivity index (χ2v) is 6.09. The lowest BCUT2D eigenvalue weighted by molar-refractivity contribution is 0.148. The number of hydrogen-bond donors (Lipinski definition) is 0. The van der Waals surface area contributed by atoms with Crippen molar-refractivity contribution in [1.82, 2.24) is 4.90 Å². The van der Waals surface area contributed by atoms with E-state index in [-0.39, 0.29) is 5.54 Å². The Kier molecular flexibility index (Phi) is 5.16. The lowest BCUT2D eigenvalue weighted by Gasteiger charge is -2.38. The molecule has 0 saturated heterocycles. The Morgan fingerprint density at radius 3 is 2.45 bits per heavy atom. The zero-order valence-corrected chi connectivity index (χ0v) is 13.4. The lowest BCUT2D eigenvalue weighted by atomic mass is 9.84. The minimum Gasteiger partial charge on any atom is -0.299 e. The van der Waals surface area contributed by atoms with Crippen LogP contribution in [0.4, 0.5) is 0 Å². The van der Waals surface area contributed by atoms with Crippen molar-refractivity contribution in [1.29, 1.82) is 0 Å². The Morgan fingerprint density at radius 1 is 1.15 bits per heavy atom. The van der Waals surface area contributed by atoms with Crippen molar-refractivity contribution < 1.29 is 0 Å². The predicted molar refractivity (Wildman–Crippen MR) is 90.1 cm³/mol. The van der Waals surface area contributed by atoms with Crippen molar-refractivity contribution in [2.45, 2.75) is 25.3 Å². The second-order valence-electron chi connectivity index (χ2n) is 5.31. The molecule has 1 aromatic heterocycles. The topological polar surface area (TPSA) is 3.24 Å². The Morgan fingerprint density at radius 2 is 1.90 bits per heavy atom. The molecule has 0 N–H and O–H groups in total. The van der Waals surface area contributed by atoms with E-state index >= 15 is 0 Å². The molecule has 106 valence electrons. The lowest BCUT2D eigenvalue weighted by Crippen LogP contribution is -2.40. The molecule has 0 aliphatic carbocycles. The van der Waals surface area contributed by atoms with Gasteiger partial charge in [-0.1, -0.05) is 49.4 Å². The molecule has 20 heavy (non-hydrogen) atoms. The first-order valence-corrected chi connectivity index (χ1v) is 8.05. The van der Waals surface area contributed by atoms with Crippen LogP contribution in [0.5, 0.6) is 0 Å². The molecule has 0 aliphatic heterocycles. The predicted octanol–water partition coefficient (Wildman–Crippen LogP) is 5.02. The third kappa shape index (κ3) is 3.20. The fourth-order valence-electron chi connectivity index (χ4n) is 2.71. The molecule has 1 nitrogen and oxygen atoms in total. The normalized spacial score (nSPS) is 14.8. The number of nitrogens with zero attached hydrogens (tertiary/aromatic N) is 1. The van der Waals surface area contributed by atoms with E-state index in [0.717, 1.165) is 12.8 Å². The van der Waals surface area contributed by atoms with Gasteiger partial charge < -0.3 is 0 Å². The highest BCUT2D eigenvalue weighted by Gasteiger charge is 2.31. The van der Waals surface area contributed by atoms with Crippen LogP contribution in [0.2, 0.25) is 0 Å². The van der Waals surface area contributed by atoms with Crippen molar-refractivity contribution in [2.75, 3.05) is 14.1 Å². The van der Waals surface area contributed by atoms with Gasteiger partial charge in [-0.15, -0.1) is 0 Å². The molecule has 1 atom stereocenters. The van der Waals surface area contributed by atoms with Gasteiger partial charge in [0.25, 0.3) is 0 Å². The van der Waals surface area contributed by atoms with Gasteiger partial charge in [0.05, 0.1) is 0 Å². The van der Waals surface area contributed by atoms with Gasteiger partial charge in [0.1, 0.15) is 0 Å². The number of rotatable bonds is 6. The zero-order valence-electron chi connectivity index (χ0n) is 12.5. The quantitative estimate of drug-likeness (QED) is 0.720. The molecular formula is C18H23NS. The Balaban J connectivity index is 2.19. The number of thiophene rings is 1. The average molecular weight is 285 g/mol. The van der Waals surface area contributed by atoms with Crippen molar-refractivity contribution in [3.05, 3.63) is 64.4 Å². The maximum absolute atomic E-state index is 2.35. The van der Waals surface area contributed by atoms with Crippen LogP contribution in [0.15, 0.2) is 53.2 Å². The fraction of sp³-hybridized carbons (Fsp3) is 0.333. The summed E-state index contributed by atoms with van der Waals surface area (Å²) in [7, 11) is 4.36. The molecule has 2 heteroatoms. The summed E-state index contributed by atoms with van der Waals surface area (Å²) in [5, 5.41) is 4.45. The molecule has 0 aliphatic rings. The number of benzene rings is 1. The third-order valence-corrected chi connectivity index (χ3v) is 4.75. The standard InChI is InChI=1S/C18H23NS/c1-4-18(19(2)3,17-12-14-20-15-17)13-8-11-16-9-6-5-7-10-16/h5-12,14-15H,4,13H2,1-3H3/b11-8+. The zero-order chi connectivity index (χ0) is 14.4. The van der Waals surface area contributed by atoms with Gasteiger partial charge in [-0.25, -0.2) is 0 Å². The third-order valence-electron chi connectivity index (χ3n) is 4.06. The van der Waals surface area contributed by atoms with Crippen LogP contribution in [-0.4, -0.2) is 19.0 Å². The highest BCUT2D eigenvalue weighted by molar-refractivity contribution is 7.08. The molecule has 0 saturated carbocycles. The summed E-state index contributed by atoms with van der Waals surface area (Å²) in [6, 6.07) is 12.8. The minimum atomic E-state index is 0.102.